The van der Waals surface area contributed by atoms with E-state index >= 15 is 0 Å². The van der Waals surface area contributed by atoms with Gasteiger partial charge >= 0.3 is 11.9 Å². The van der Waals surface area contributed by atoms with E-state index in [2.05, 4.69) is 26.5 Å². The SMILES string of the molecule is C=C(C)[C@@H]1CCC(C)=C[C@H]1c1c(OC(=O)CN(C)C)cc(CCCCC)cc1OC(=O)CN(C)C. The predicted octanol–water partition coefficient (Wildman–Crippen LogP) is 5.37. The van der Waals surface area contributed by atoms with Crippen molar-refractivity contribution in [1.82, 2.24) is 9.80 Å². The van der Waals surface area contributed by atoms with Gasteiger partial charge in [0.15, 0.2) is 0 Å². The fourth-order valence-corrected chi connectivity index (χ4v) is 4.61. The minimum absolute atomic E-state index is 0.0877. The van der Waals surface area contributed by atoms with Gasteiger partial charge in [-0.1, -0.05) is 43.6 Å². The number of benzene rings is 1. The van der Waals surface area contributed by atoms with Crippen LogP contribution in [0.5, 0.6) is 11.5 Å². The smallest absolute Gasteiger partial charge is 0.325 e. The van der Waals surface area contributed by atoms with E-state index in [1.165, 1.54) is 5.57 Å². The maximum Gasteiger partial charge on any atom is 0.325 e. The summed E-state index contributed by atoms with van der Waals surface area (Å²) < 4.78 is 12.0. The summed E-state index contributed by atoms with van der Waals surface area (Å²) in [7, 11) is 7.34. The zero-order chi connectivity index (χ0) is 26.1. The standard InChI is InChI=1S/C29H44N2O4/c1-9-10-11-12-22-16-25(34-27(32)18-30(5)6)29(26(17-22)35-28(33)19-31(7)8)24-15-21(4)13-14-23(24)20(2)3/h15-17,23-24H,2,9-14,18-19H2,1,3-8H3/t23-,24+/m0/s1. The van der Waals surface area contributed by atoms with Gasteiger partial charge in [0, 0.05) is 11.5 Å². The van der Waals surface area contributed by atoms with E-state index in [9.17, 15) is 9.59 Å². The lowest BCUT2D eigenvalue weighted by atomic mass is 9.73. The van der Waals surface area contributed by atoms with Crippen molar-refractivity contribution in [2.45, 2.75) is 65.2 Å². The molecule has 0 heterocycles. The molecular weight excluding hydrogens is 440 g/mol. The largest absolute Gasteiger partial charge is 0.425 e. The fraction of sp³-hybridized carbons (Fsp3) is 0.586. The van der Waals surface area contributed by atoms with E-state index in [1.54, 1.807) is 9.80 Å². The normalized spacial score (nSPS) is 17.9. The van der Waals surface area contributed by atoms with Crippen molar-refractivity contribution in [2.75, 3.05) is 41.3 Å². The van der Waals surface area contributed by atoms with Gasteiger partial charge in [-0.05, 0) is 91.3 Å². The van der Waals surface area contributed by atoms with Gasteiger partial charge in [-0.15, -0.1) is 0 Å². The van der Waals surface area contributed by atoms with Crippen LogP contribution in [0.3, 0.4) is 0 Å². The average Bonchev–Trinajstić information content (AvgIpc) is 2.72. The first kappa shape index (κ1) is 28.8. The third kappa shape index (κ3) is 8.93. The molecule has 1 aromatic rings. The summed E-state index contributed by atoms with van der Waals surface area (Å²) in [6, 6.07) is 3.93. The lowest BCUT2D eigenvalue weighted by Crippen LogP contribution is -2.28. The maximum atomic E-state index is 12.8. The quantitative estimate of drug-likeness (QED) is 0.172. The maximum absolute atomic E-state index is 12.8. The first-order valence-electron chi connectivity index (χ1n) is 12.7. The minimum atomic E-state index is -0.337. The van der Waals surface area contributed by atoms with Crippen molar-refractivity contribution in [3.8, 4) is 11.5 Å². The number of unbranched alkanes of at least 4 members (excludes halogenated alkanes) is 2. The molecule has 1 aromatic carbocycles. The van der Waals surface area contributed by atoms with Gasteiger partial charge in [-0.3, -0.25) is 19.4 Å². The molecule has 0 radical (unpaired) electrons. The van der Waals surface area contributed by atoms with E-state index in [-0.39, 0.29) is 36.9 Å². The molecule has 0 aromatic heterocycles. The van der Waals surface area contributed by atoms with Crippen LogP contribution < -0.4 is 9.47 Å². The molecule has 0 aliphatic heterocycles. The van der Waals surface area contributed by atoms with Crippen molar-refractivity contribution in [3.63, 3.8) is 0 Å². The van der Waals surface area contributed by atoms with E-state index in [0.717, 1.165) is 55.2 Å². The number of carbonyl (C=O) groups excluding carboxylic acids is 2. The highest BCUT2D eigenvalue weighted by Gasteiger charge is 2.32. The Kier molecular flexibility index (Phi) is 11.2. The van der Waals surface area contributed by atoms with Crippen LogP contribution in [-0.2, 0) is 16.0 Å². The molecule has 1 aliphatic carbocycles. The van der Waals surface area contributed by atoms with Crippen molar-refractivity contribution >= 4 is 11.9 Å². The third-order valence-electron chi connectivity index (χ3n) is 6.28. The van der Waals surface area contributed by atoms with Crippen molar-refractivity contribution < 1.29 is 19.1 Å². The Hall–Kier alpha value is -2.44. The minimum Gasteiger partial charge on any atom is -0.425 e. The molecule has 0 saturated heterocycles. The van der Waals surface area contributed by atoms with E-state index in [1.807, 2.05) is 47.2 Å². The van der Waals surface area contributed by atoms with Crippen LogP contribution in [0.2, 0.25) is 0 Å². The third-order valence-corrected chi connectivity index (χ3v) is 6.28. The number of aryl methyl sites for hydroxylation is 1. The number of esters is 2. The van der Waals surface area contributed by atoms with Gasteiger partial charge in [-0.2, -0.15) is 0 Å². The van der Waals surface area contributed by atoms with Crippen LogP contribution in [-0.4, -0.2) is 63.0 Å². The van der Waals surface area contributed by atoms with Crippen LogP contribution in [0.4, 0.5) is 0 Å². The summed E-state index contributed by atoms with van der Waals surface area (Å²) in [5.41, 5.74) is 4.11. The predicted molar refractivity (Wildman–Crippen MR) is 142 cm³/mol. The van der Waals surface area contributed by atoms with Crippen molar-refractivity contribution in [2.24, 2.45) is 5.92 Å². The Morgan fingerprint density at radius 3 is 2.00 bits per heavy atom. The van der Waals surface area contributed by atoms with Gasteiger partial charge in [-0.25, -0.2) is 0 Å². The summed E-state index contributed by atoms with van der Waals surface area (Å²) >= 11 is 0. The van der Waals surface area contributed by atoms with E-state index in [0.29, 0.717) is 11.5 Å². The van der Waals surface area contributed by atoms with Gasteiger partial charge in [0.25, 0.3) is 0 Å². The van der Waals surface area contributed by atoms with Crippen LogP contribution >= 0.6 is 0 Å². The molecule has 0 bridgehead atoms. The lowest BCUT2D eigenvalue weighted by Gasteiger charge is -2.32. The summed E-state index contributed by atoms with van der Waals surface area (Å²) in [5, 5.41) is 0. The molecule has 1 aliphatic rings. The van der Waals surface area contributed by atoms with Crippen LogP contribution in [0, 0.1) is 5.92 Å². The summed E-state index contributed by atoms with van der Waals surface area (Å²) in [6.07, 6.45) is 8.24. The fourth-order valence-electron chi connectivity index (χ4n) is 4.61. The van der Waals surface area contributed by atoms with Gasteiger partial charge in [0.2, 0.25) is 0 Å². The summed E-state index contributed by atoms with van der Waals surface area (Å²) in [4.78, 5) is 29.1. The van der Waals surface area contributed by atoms with Crippen LogP contribution in [0.25, 0.3) is 0 Å². The van der Waals surface area contributed by atoms with Gasteiger partial charge in [0.05, 0.1) is 13.1 Å². The highest BCUT2D eigenvalue weighted by atomic mass is 16.5. The number of likely N-dealkylation sites (N-methyl/N-ethyl adjacent to an activating group) is 2. The van der Waals surface area contributed by atoms with Crippen LogP contribution in [0.1, 0.15) is 69.9 Å². The van der Waals surface area contributed by atoms with Crippen molar-refractivity contribution in [1.29, 1.82) is 0 Å². The number of nitrogens with zero attached hydrogens (tertiary/aromatic N) is 2. The topological polar surface area (TPSA) is 59.1 Å². The molecule has 6 heteroatoms. The number of allylic oxidation sites excluding steroid dienone is 3. The second kappa shape index (κ2) is 13.6. The lowest BCUT2D eigenvalue weighted by molar-refractivity contribution is -0.135. The second-order valence-corrected chi connectivity index (χ2v) is 10.4. The number of rotatable bonds is 12. The molecule has 0 saturated carbocycles. The molecule has 194 valence electrons. The molecule has 35 heavy (non-hydrogen) atoms. The Morgan fingerprint density at radius 2 is 1.54 bits per heavy atom. The number of carbonyl (C=O) groups is 2. The molecule has 0 N–H and O–H groups in total. The second-order valence-electron chi connectivity index (χ2n) is 10.4. The van der Waals surface area contributed by atoms with Crippen LogP contribution in [0.15, 0.2) is 35.9 Å². The summed E-state index contributed by atoms with van der Waals surface area (Å²) in [6.45, 7) is 10.9. The first-order valence-corrected chi connectivity index (χ1v) is 12.7. The van der Waals surface area contributed by atoms with Gasteiger partial charge < -0.3 is 9.47 Å². The molecule has 0 spiro atoms. The Balaban J connectivity index is 2.67. The molecule has 2 rings (SSSR count). The highest BCUT2D eigenvalue weighted by Crippen LogP contribution is 2.47. The summed E-state index contributed by atoms with van der Waals surface area (Å²) in [5.74, 6) is 0.380. The van der Waals surface area contributed by atoms with E-state index in [4.69, 9.17) is 9.47 Å². The average molecular weight is 485 g/mol. The Bertz CT molecular complexity index is 888. The number of hydrogen-bond acceptors (Lipinski definition) is 6. The number of hydrogen-bond donors (Lipinski definition) is 0. The zero-order valence-corrected chi connectivity index (χ0v) is 22.8. The zero-order valence-electron chi connectivity index (χ0n) is 22.8. The molecule has 6 nitrogen and oxygen atoms in total. The Labute approximate surface area is 212 Å². The highest BCUT2D eigenvalue weighted by molar-refractivity contribution is 5.78. The van der Waals surface area contributed by atoms with Crippen molar-refractivity contribution in [3.05, 3.63) is 47.1 Å². The van der Waals surface area contributed by atoms with Gasteiger partial charge in [0.1, 0.15) is 11.5 Å². The first-order chi connectivity index (χ1) is 16.5. The Morgan fingerprint density at radius 1 is 1.00 bits per heavy atom. The molecular formula is C29H44N2O4. The number of ether oxygens (including phenoxy) is 2. The molecule has 0 amide bonds. The molecule has 0 unspecified atom stereocenters. The monoisotopic (exact) mass is 484 g/mol. The van der Waals surface area contributed by atoms with E-state index < -0.39 is 0 Å². The molecule has 0 fully saturated rings. The molecule has 2 atom stereocenters.